The molecule has 1 aliphatic rings. The van der Waals surface area contributed by atoms with Gasteiger partial charge in [-0.1, -0.05) is 20.3 Å². The fraction of sp³-hybridized carbons (Fsp3) is 0.917. The van der Waals surface area contributed by atoms with Crippen LogP contribution in [0, 0.1) is 5.41 Å². The van der Waals surface area contributed by atoms with Crippen molar-refractivity contribution < 1.29 is 18.3 Å². The van der Waals surface area contributed by atoms with E-state index in [-0.39, 0.29) is 6.54 Å². The normalized spacial score (nSPS) is 25.4. The molecule has 0 bridgehead atoms. The number of aliphatic carboxylic acids is 1. The zero-order chi connectivity index (χ0) is 14.5. The number of carboxylic acid groups (broad SMARTS) is 1. The van der Waals surface area contributed by atoms with Crippen LogP contribution in [-0.4, -0.2) is 43.4 Å². The van der Waals surface area contributed by atoms with Crippen molar-refractivity contribution in [2.75, 3.05) is 19.6 Å². The molecular weight excluding hydrogens is 268 g/mol. The minimum Gasteiger partial charge on any atom is -0.481 e. The van der Waals surface area contributed by atoms with Gasteiger partial charge in [-0.2, -0.15) is 12.7 Å². The Labute approximate surface area is 115 Å². The SMILES string of the molecule is CCCNS(=O)(=O)N1CCCC(CCC)(C(=O)O)C1. The summed E-state index contributed by atoms with van der Waals surface area (Å²) in [5, 5.41) is 9.44. The second-order valence-corrected chi connectivity index (χ2v) is 6.93. The molecule has 1 atom stereocenters. The lowest BCUT2D eigenvalue weighted by Crippen LogP contribution is -2.52. The molecule has 0 aromatic carbocycles. The maximum absolute atomic E-state index is 12.1. The third-order valence-corrected chi connectivity index (χ3v) is 5.16. The highest BCUT2D eigenvalue weighted by Crippen LogP contribution is 2.35. The van der Waals surface area contributed by atoms with Crippen LogP contribution in [0.4, 0.5) is 0 Å². The van der Waals surface area contributed by atoms with Gasteiger partial charge in [0.15, 0.2) is 0 Å². The second-order valence-electron chi connectivity index (χ2n) is 5.17. The lowest BCUT2D eigenvalue weighted by molar-refractivity contribution is -0.151. The topological polar surface area (TPSA) is 86.7 Å². The predicted octanol–water partition coefficient (Wildman–Crippen LogP) is 1.20. The molecule has 1 rings (SSSR count). The Bertz CT molecular complexity index is 406. The third kappa shape index (κ3) is 3.90. The zero-order valence-corrected chi connectivity index (χ0v) is 12.5. The Hall–Kier alpha value is -0.660. The Morgan fingerprint density at radius 1 is 1.37 bits per heavy atom. The van der Waals surface area contributed by atoms with E-state index in [2.05, 4.69) is 4.72 Å². The van der Waals surface area contributed by atoms with Crippen molar-refractivity contribution in [3.63, 3.8) is 0 Å². The molecular formula is C12H24N2O4S. The fourth-order valence-corrected chi connectivity index (χ4v) is 4.01. The number of piperidine rings is 1. The zero-order valence-electron chi connectivity index (χ0n) is 11.7. The van der Waals surface area contributed by atoms with E-state index < -0.39 is 21.6 Å². The van der Waals surface area contributed by atoms with Crippen LogP contribution in [0.2, 0.25) is 0 Å². The van der Waals surface area contributed by atoms with Crippen LogP contribution in [0.15, 0.2) is 0 Å². The number of nitrogens with zero attached hydrogens (tertiary/aromatic N) is 1. The van der Waals surface area contributed by atoms with Crippen LogP contribution in [0.3, 0.4) is 0 Å². The lowest BCUT2D eigenvalue weighted by Gasteiger charge is -2.39. The minimum absolute atomic E-state index is 0.0786. The summed E-state index contributed by atoms with van der Waals surface area (Å²) in [5.74, 6) is -0.884. The Morgan fingerprint density at radius 3 is 2.58 bits per heavy atom. The van der Waals surface area contributed by atoms with Crippen molar-refractivity contribution in [2.45, 2.75) is 46.0 Å². The highest BCUT2D eigenvalue weighted by molar-refractivity contribution is 7.87. The first-order valence-corrected chi connectivity index (χ1v) is 8.30. The summed E-state index contributed by atoms with van der Waals surface area (Å²) in [5.41, 5.74) is -0.923. The molecule has 0 radical (unpaired) electrons. The van der Waals surface area contributed by atoms with Crippen LogP contribution in [-0.2, 0) is 15.0 Å². The number of rotatable bonds is 7. The van der Waals surface area contributed by atoms with Crippen molar-refractivity contribution in [1.29, 1.82) is 0 Å². The van der Waals surface area contributed by atoms with Gasteiger partial charge in [0.2, 0.25) is 0 Å². The molecule has 0 saturated carbocycles. The summed E-state index contributed by atoms with van der Waals surface area (Å²) in [6.45, 7) is 4.67. The average molecular weight is 292 g/mol. The van der Waals surface area contributed by atoms with Gasteiger partial charge in [0, 0.05) is 19.6 Å². The molecule has 0 aromatic rings. The predicted molar refractivity (Wildman–Crippen MR) is 73.0 cm³/mol. The molecule has 2 N–H and O–H groups in total. The summed E-state index contributed by atoms with van der Waals surface area (Å²) >= 11 is 0. The van der Waals surface area contributed by atoms with Gasteiger partial charge in [-0.25, -0.2) is 4.72 Å². The molecule has 1 aliphatic heterocycles. The summed E-state index contributed by atoms with van der Waals surface area (Å²) in [6.07, 6.45) is 3.12. The first-order valence-electron chi connectivity index (χ1n) is 6.86. The molecule has 0 aliphatic carbocycles. The number of nitrogens with one attached hydrogen (secondary N) is 1. The number of carbonyl (C=O) groups is 1. The maximum Gasteiger partial charge on any atom is 0.310 e. The second kappa shape index (κ2) is 6.67. The molecule has 1 unspecified atom stereocenters. The molecule has 1 saturated heterocycles. The van der Waals surface area contributed by atoms with Crippen LogP contribution in [0.1, 0.15) is 46.0 Å². The van der Waals surface area contributed by atoms with Crippen LogP contribution in [0.5, 0.6) is 0 Å². The van der Waals surface area contributed by atoms with Crippen LogP contribution in [0.25, 0.3) is 0 Å². The Balaban J connectivity index is 2.85. The molecule has 19 heavy (non-hydrogen) atoms. The third-order valence-electron chi connectivity index (χ3n) is 3.60. The smallest absolute Gasteiger partial charge is 0.310 e. The van der Waals surface area contributed by atoms with Crippen molar-refractivity contribution in [1.82, 2.24) is 9.03 Å². The first kappa shape index (κ1) is 16.4. The number of carboxylic acids is 1. The summed E-state index contributed by atoms with van der Waals surface area (Å²) in [4.78, 5) is 11.5. The monoisotopic (exact) mass is 292 g/mol. The van der Waals surface area contributed by atoms with E-state index in [0.717, 1.165) is 6.42 Å². The van der Waals surface area contributed by atoms with Crippen molar-refractivity contribution in [3.05, 3.63) is 0 Å². The van der Waals surface area contributed by atoms with Gasteiger partial charge in [-0.3, -0.25) is 4.79 Å². The van der Waals surface area contributed by atoms with Crippen LogP contribution >= 0.6 is 0 Å². The Kier molecular flexibility index (Phi) is 5.76. The van der Waals surface area contributed by atoms with Gasteiger partial charge in [0.05, 0.1) is 5.41 Å². The lowest BCUT2D eigenvalue weighted by atomic mass is 9.77. The van der Waals surface area contributed by atoms with Gasteiger partial charge in [-0.05, 0) is 25.7 Å². The van der Waals surface area contributed by atoms with Crippen molar-refractivity contribution >= 4 is 16.2 Å². The van der Waals surface area contributed by atoms with E-state index >= 15 is 0 Å². The Morgan fingerprint density at radius 2 is 2.05 bits per heavy atom. The van der Waals surface area contributed by atoms with Gasteiger partial charge in [0.1, 0.15) is 0 Å². The largest absolute Gasteiger partial charge is 0.481 e. The molecule has 6 nitrogen and oxygen atoms in total. The standard InChI is InChI=1S/C12H24N2O4S/c1-3-6-12(11(15)16)7-5-9-14(10-12)19(17,18)13-8-4-2/h13H,3-10H2,1-2H3,(H,15,16). The molecule has 1 fully saturated rings. The highest BCUT2D eigenvalue weighted by Gasteiger charge is 2.44. The van der Waals surface area contributed by atoms with E-state index in [4.69, 9.17) is 0 Å². The number of hydrogen-bond donors (Lipinski definition) is 2. The summed E-state index contributed by atoms with van der Waals surface area (Å²) in [6, 6.07) is 0. The molecule has 112 valence electrons. The fourth-order valence-electron chi connectivity index (χ4n) is 2.58. The first-order chi connectivity index (χ1) is 8.88. The average Bonchev–Trinajstić information content (AvgIpc) is 2.37. The van der Waals surface area contributed by atoms with Crippen molar-refractivity contribution in [2.24, 2.45) is 5.41 Å². The number of hydrogen-bond acceptors (Lipinski definition) is 3. The van der Waals surface area contributed by atoms with Gasteiger partial charge < -0.3 is 5.11 Å². The van der Waals surface area contributed by atoms with Gasteiger partial charge in [-0.15, -0.1) is 0 Å². The van der Waals surface area contributed by atoms with E-state index in [1.807, 2.05) is 13.8 Å². The highest BCUT2D eigenvalue weighted by atomic mass is 32.2. The maximum atomic E-state index is 12.1. The molecule has 0 aromatic heterocycles. The molecule has 0 amide bonds. The van der Waals surface area contributed by atoms with Crippen LogP contribution < -0.4 is 4.72 Å². The van der Waals surface area contributed by atoms with E-state index in [1.54, 1.807) is 0 Å². The molecule has 0 spiro atoms. The quantitative estimate of drug-likeness (QED) is 0.738. The van der Waals surface area contributed by atoms with Gasteiger partial charge in [0.25, 0.3) is 10.2 Å². The molecule has 7 heteroatoms. The van der Waals surface area contributed by atoms with E-state index in [9.17, 15) is 18.3 Å². The van der Waals surface area contributed by atoms with Crippen molar-refractivity contribution in [3.8, 4) is 0 Å². The van der Waals surface area contributed by atoms with Gasteiger partial charge >= 0.3 is 5.97 Å². The molecule has 1 heterocycles. The summed E-state index contributed by atoms with van der Waals surface area (Å²) in [7, 11) is -3.55. The van der Waals surface area contributed by atoms with E-state index in [0.29, 0.717) is 38.8 Å². The van der Waals surface area contributed by atoms with E-state index in [1.165, 1.54) is 4.31 Å². The minimum atomic E-state index is -3.55. The summed E-state index contributed by atoms with van der Waals surface area (Å²) < 4.78 is 28.0.